The molecule has 96 valence electrons. The SMILES string of the molecule is CC(C)C[C@@H](N)C(=O)NCCCn1ccnn1. The van der Waals surface area contributed by atoms with Gasteiger partial charge in [0.25, 0.3) is 0 Å². The highest BCUT2D eigenvalue weighted by molar-refractivity contribution is 5.81. The van der Waals surface area contributed by atoms with Gasteiger partial charge in [-0.2, -0.15) is 0 Å². The number of carbonyl (C=O) groups excluding carboxylic acids is 1. The van der Waals surface area contributed by atoms with E-state index in [0.29, 0.717) is 12.5 Å². The van der Waals surface area contributed by atoms with Gasteiger partial charge in [-0.25, -0.2) is 0 Å². The third kappa shape index (κ3) is 5.44. The Labute approximate surface area is 102 Å². The first-order valence-electron chi connectivity index (χ1n) is 5.97. The van der Waals surface area contributed by atoms with Crippen LogP contribution >= 0.6 is 0 Å². The second-order valence-electron chi connectivity index (χ2n) is 4.55. The van der Waals surface area contributed by atoms with Gasteiger partial charge in [-0.3, -0.25) is 9.48 Å². The third-order valence-electron chi connectivity index (χ3n) is 2.40. The van der Waals surface area contributed by atoms with Crippen LogP contribution in [-0.2, 0) is 11.3 Å². The standard InChI is InChI=1S/C11H21N5O/c1-9(2)8-10(12)11(17)13-4-3-6-16-7-5-14-15-16/h5,7,9-10H,3-4,6,8,12H2,1-2H3,(H,13,17)/t10-/m1/s1. The molecule has 1 aromatic heterocycles. The highest BCUT2D eigenvalue weighted by Gasteiger charge is 2.13. The van der Waals surface area contributed by atoms with Gasteiger partial charge in [-0.05, 0) is 18.8 Å². The summed E-state index contributed by atoms with van der Waals surface area (Å²) in [4.78, 5) is 11.6. The molecule has 0 aliphatic rings. The zero-order chi connectivity index (χ0) is 12.7. The van der Waals surface area contributed by atoms with E-state index in [1.54, 1.807) is 17.1 Å². The van der Waals surface area contributed by atoms with E-state index in [2.05, 4.69) is 29.5 Å². The van der Waals surface area contributed by atoms with Crippen molar-refractivity contribution in [1.82, 2.24) is 20.3 Å². The van der Waals surface area contributed by atoms with Gasteiger partial charge in [0.1, 0.15) is 0 Å². The average molecular weight is 239 g/mol. The van der Waals surface area contributed by atoms with E-state index in [-0.39, 0.29) is 5.91 Å². The number of rotatable bonds is 7. The van der Waals surface area contributed by atoms with Gasteiger partial charge in [-0.15, -0.1) is 5.10 Å². The van der Waals surface area contributed by atoms with Gasteiger partial charge >= 0.3 is 0 Å². The molecule has 1 rings (SSSR count). The summed E-state index contributed by atoms with van der Waals surface area (Å²) in [6.07, 6.45) is 4.97. The van der Waals surface area contributed by atoms with Crippen molar-refractivity contribution in [3.63, 3.8) is 0 Å². The fourth-order valence-corrected chi connectivity index (χ4v) is 1.55. The molecule has 0 aromatic carbocycles. The minimum atomic E-state index is -0.402. The van der Waals surface area contributed by atoms with Crippen molar-refractivity contribution < 1.29 is 4.79 Å². The molecule has 6 heteroatoms. The maximum Gasteiger partial charge on any atom is 0.236 e. The number of aryl methyl sites for hydroxylation is 1. The molecule has 0 unspecified atom stereocenters. The lowest BCUT2D eigenvalue weighted by molar-refractivity contribution is -0.122. The molecule has 6 nitrogen and oxygen atoms in total. The molecule has 3 N–H and O–H groups in total. The van der Waals surface area contributed by atoms with E-state index in [0.717, 1.165) is 19.4 Å². The molecule has 1 atom stereocenters. The van der Waals surface area contributed by atoms with Crippen molar-refractivity contribution in [2.24, 2.45) is 11.7 Å². The normalized spacial score (nSPS) is 12.7. The van der Waals surface area contributed by atoms with E-state index >= 15 is 0 Å². The van der Waals surface area contributed by atoms with Crippen molar-refractivity contribution in [2.75, 3.05) is 6.54 Å². The predicted octanol–water partition coefficient (Wildman–Crippen LogP) is 0.158. The van der Waals surface area contributed by atoms with Crippen LogP contribution in [0.5, 0.6) is 0 Å². The maximum atomic E-state index is 11.6. The summed E-state index contributed by atoms with van der Waals surface area (Å²) in [6.45, 7) is 5.47. The number of hydrogen-bond donors (Lipinski definition) is 2. The summed E-state index contributed by atoms with van der Waals surface area (Å²) < 4.78 is 1.74. The number of carbonyl (C=O) groups is 1. The molecule has 1 aromatic rings. The molecular weight excluding hydrogens is 218 g/mol. The lowest BCUT2D eigenvalue weighted by Gasteiger charge is -2.13. The lowest BCUT2D eigenvalue weighted by Crippen LogP contribution is -2.41. The van der Waals surface area contributed by atoms with Crippen LogP contribution < -0.4 is 11.1 Å². The molecule has 0 spiro atoms. The second-order valence-corrected chi connectivity index (χ2v) is 4.55. The quantitative estimate of drug-likeness (QED) is 0.664. The summed E-state index contributed by atoms with van der Waals surface area (Å²) in [5, 5.41) is 10.4. The van der Waals surface area contributed by atoms with E-state index in [4.69, 9.17) is 5.73 Å². The first kappa shape index (κ1) is 13.6. The van der Waals surface area contributed by atoms with Crippen LogP contribution in [0.1, 0.15) is 26.7 Å². The molecule has 0 aliphatic carbocycles. The van der Waals surface area contributed by atoms with Gasteiger partial charge in [0, 0.05) is 19.3 Å². The highest BCUT2D eigenvalue weighted by atomic mass is 16.2. The third-order valence-corrected chi connectivity index (χ3v) is 2.40. The highest BCUT2D eigenvalue weighted by Crippen LogP contribution is 2.02. The Morgan fingerprint density at radius 1 is 1.53 bits per heavy atom. The molecule has 17 heavy (non-hydrogen) atoms. The Balaban J connectivity index is 2.11. The molecular formula is C11H21N5O. The zero-order valence-corrected chi connectivity index (χ0v) is 10.5. The van der Waals surface area contributed by atoms with Crippen LogP contribution in [-0.4, -0.2) is 33.5 Å². The van der Waals surface area contributed by atoms with Gasteiger partial charge in [0.2, 0.25) is 5.91 Å². The smallest absolute Gasteiger partial charge is 0.236 e. The fourth-order valence-electron chi connectivity index (χ4n) is 1.55. The Morgan fingerprint density at radius 3 is 2.88 bits per heavy atom. The minimum Gasteiger partial charge on any atom is -0.355 e. The van der Waals surface area contributed by atoms with Crippen LogP contribution in [0, 0.1) is 5.92 Å². The number of amides is 1. The van der Waals surface area contributed by atoms with Gasteiger partial charge in [-0.1, -0.05) is 19.1 Å². The number of aromatic nitrogens is 3. The summed E-state index contributed by atoms with van der Waals surface area (Å²) in [5.74, 6) is 0.364. The van der Waals surface area contributed by atoms with Gasteiger partial charge < -0.3 is 11.1 Å². The van der Waals surface area contributed by atoms with Crippen molar-refractivity contribution >= 4 is 5.91 Å². The van der Waals surface area contributed by atoms with Crippen molar-refractivity contribution in [3.05, 3.63) is 12.4 Å². The molecule has 0 saturated carbocycles. The Hall–Kier alpha value is -1.43. The molecule has 0 fully saturated rings. The molecule has 0 saturated heterocycles. The van der Waals surface area contributed by atoms with Gasteiger partial charge in [0.15, 0.2) is 0 Å². The summed E-state index contributed by atoms with van der Waals surface area (Å²) in [7, 11) is 0. The largest absolute Gasteiger partial charge is 0.355 e. The van der Waals surface area contributed by atoms with Crippen LogP contribution in [0.2, 0.25) is 0 Å². The van der Waals surface area contributed by atoms with Crippen LogP contribution in [0.25, 0.3) is 0 Å². The molecule has 0 aliphatic heterocycles. The first-order valence-corrected chi connectivity index (χ1v) is 5.97. The molecule has 1 amide bonds. The summed E-state index contributed by atoms with van der Waals surface area (Å²) in [6, 6.07) is -0.402. The Morgan fingerprint density at radius 2 is 2.29 bits per heavy atom. The predicted molar refractivity (Wildman–Crippen MR) is 65.1 cm³/mol. The molecule has 0 bridgehead atoms. The van der Waals surface area contributed by atoms with Crippen molar-refractivity contribution in [2.45, 2.75) is 39.3 Å². The topological polar surface area (TPSA) is 85.8 Å². The first-order chi connectivity index (χ1) is 8.09. The van der Waals surface area contributed by atoms with Crippen LogP contribution in [0.4, 0.5) is 0 Å². The number of nitrogens with zero attached hydrogens (tertiary/aromatic N) is 3. The van der Waals surface area contributed by atoms with E-state index in [1.807, 2.05) is 0 Å². The molecule has 1 heterocycles. The van der Waals surface area contributed by atoms with Crippen LogP contribution in [0.3, 0.4) is 0 Å². The monoisotopic (exact) mass is 239 g/mol. The molecule has 0 radical (unpaired) electrons. The van der Waals surface area contributed by atoms with E-state index in [1.165, 1.54) is 0 Å². The van der Waals surface area contributed by atoms with E-state index < -0.39 is 6.04 Å². The minimum absolute atomic E-state index is 0.0720. The number of hydrogen-bond acceptors (Lipinski definition) is 4. The summed E-state index contributed by atoms with van der Waals surface area (Å²) >= 11 is 0. The van der Waals surface area contributed by atoms with E-state index in [9.17, 15) is 4.79 Å². The fraction of sp³-hybridized carbons (Fsp3) is 0.727. The maximum absolute atomic E-state index is 11.6. The Bertz CT molecular complexity index is 323. The average Bonchev–Trinajstić information content (AvgIpc) is 2.75. The number of nitrogens with two attached hydrogens (primary N) is 1. The van der Waals surface area contributed by atoms with Crippen molar-refractivity contribution in [3.8, 4) is 0 Å². The zero-order valence-electron chi connectivity index (χ0n) is 10.5. The number of nitrogens with one attached hydrogen (secondary N) is 1. The Kier molecular flexibility index (Phi) is 5.62. The second kappa shape index (κ2) is 7.01. The van der Waals surface area contributed by atoms with Crippen LogP contribution in [0.15, 0.2) is 12.4 Å². The van der Waals surface area contributed by atoms with Crippen molar-refractivity contribution in [1.29, 1.82) is 0 Å². The summed E-state index contributed by atoms with van der Waals surface area (Å²) in [5.41, 5.74) is 5.76. The lowest BCUT2D eigenvalue weighted by atomic mass is 10.0. The van der Waals surface area contributed by atoms with Gasteiger partial charge in [0.05, 0.1) is 12.2 Å².